The van der Waals surface area contributed by atoms with Gasteiger partial charge < -0.3 is 14.8 Å². The molecule has 1 aliphatic heterocycles. The van der Waals surface area contributed by atoms with Gasteiger partial charge in [-0.2, -0.15) is 0 Å². The molecule has 1 heterocycles. The molecule has 3 aromatic rings. The Balaban J connectivity index is 1.46. The summed E-state index contributed by atoms with van der Waals surface area (Å²) >= 11 is 6.82. The van der Waals surface area contributed by atoms with Gasteiger partial charge in [-0.05, 0) is 79.2 Å². The summed E-state index contributed by atoms with van der Waals surface area (Å²) in [6, 6.07) is 16.6. The van der Waals surface area contributed by atoms with E-state index in [1.807, 2.05) is 25.1 Å². The maximum Gasteiger partial charge on any atom is 0.293 e. The summed E-state index contributed by atoms with van der Waals surface area (Å²) in [6.45, 7) is 3.58. The number of nitrogens with zero attached hydrogens (tertiary/aromatic N) is 1. The summed E-state index contributed by atoms with van der Waals surface area (Å²) in [4.78, 5) is 38.9. The molecule has 3 aromatic carbocycles. The summed E-state index contributed by atoms with van der Waals surface area (Å²) in [7, 11) is 0. The number of hydrogen-bond acceptors (Lipinski definition) is 6. The number of nitrogens with one attached hydrogen (secondary N) is 1. The second-order valence-corrected chi connectivity index (χ2v) is 9.71. The molecule has 0 spiro atoms. The highest BCUT2D eigenvalue weighted by Crippen LogP contribution is 2.36. The highest BCUT2D eigenvalue weighted by Gasteiger charge is 2.36. The molecule has 1 N–H and O–H groups in total. The van der Waals surface area contributed by atoms with E-state index in [0.717, 1.165) is 22.2 Å². The molecule has 0 atom stereocenters. The maximum atomic E-state index is 14.2. The first-order valence-electron chi connectivity index (χ1n) is 11.7. The zero-order valence-electron chi connectivity index (χ0n) is 20.6. The highest BCUT2D eigenvalue weighted by atomic mass is 35.5. The number of benzene rings is 3. The fraction of sp³-hybridized carbons (Fsp3) is 0.179. The Morgan fingerprint density at radius 2 is 1.87 bits per heavy atom. The standard InChI is InChI=1S/C28H24ClFN2O5S/c1-3-36-24-13-18(10-11-23(24)37-16-26(33)31-19-7-4-6-17(2)12-19)14-25-27(34)32(28(35)38-25)15-20-21(29)8-5-9-22(20)30/h4-14H,3,15-16H2,1-2H3,(H,31,33). The number of amides is 3. The van der Waals surface area contributed by atoms with Crippen molar-refractivity contribution >= 4 is 52.2 Å². The number of rotatable bonds is 9. The van der Waals surface area contributed by atoms with Crippen LogP contribution >= 0.6 is 23.4 Å². The van der Waals surface area contributed by atoms with Crippen molar-refractivity contribution in [1.29, 1.82) is 0 Å². The lowest BCUT2D eigenvalue weighted by Crippen LogP contribution is -2.28. The van der Waals surface area contributed by atoms with E-state index in [1.165, 1.54) is 18.2 Å². The molecule has 3 amide bonds. The molecule has 7 nitrogen and oxygen atoms in total. The smallest absolute Gasteiger partial charge is 0.293 e. The van der Waals surface area contributed by atoms with Crippen LogP contribution in [-0.2, 0) is 16.1 Å². The second-order valence-electron chi connectivity index (χ2n) is 8.31. The number of halogens is 2. The van der Waals surface area contributed by atoms with Crippen molar-refractivity contribution < 1.29 is 28.2 Å². The summed E-state index contributed by atoms with van der Waals surface area (Å²) in [5.41, 5.74) is 2.35. The van der Waals surface area contributed by atoms with Crippen molar-refractivity contribution in [3.63, 3.8) is 0 Å². The van der Waals surface area contributed by atoms with Gasteiger partial charge in [-0.1, -0.05) is 35.9 Å². The number of imide groups is 1. The third-order valence-electron chi connectivity index (χ3n) is 5.48. The maximum absolute atomic E-state index is 14.2. The van der Waals surface area contributed by atoms with Crippen molar-refractivity contribution in [3.05, 3.63) is 93.1 Å². The first-order valence-corrected chi connectivity index (χ1v) is 12.9. The predicted molar refractivity (Wildman–Crippen MR) is 146 cm³/mol. The molecule has 0 bridgehead atoms. The Labute approximate surface area is 228 Å². The average molecular weight is 555 g/mol. The van der Waals surface area contributed by atoms with Gasteiger partial charge in [0.05, 0.1) is 18.1 Å². The van der Waals surface area contributed by atoms with E-state index in [1.54, 1.807) is 37.3 Å². The van der Waals surface area contributed by atoms with Gasteiger partial charge in [0.25, 0.3) is 17.1 Å². The van der Waals surface area contributed by atoms with Crippen molar-refractivity contribution in [2.45, 2.75) is 20.4 Å². The van der Waals surface area contributed by atoms with Crippen LogP contribution in [0.4, 0.5) is 14.9 Å². The van der Waals surface area contributed by atoms with E-state index < -0.39 is 17.0 Å². The third-order valence-corrected chi connectivity index (χ3v) is 6.74. The SMILES string of the molecule is CCOc1cc(C=C2SC(=O)N(Cc3c(F)cccc3Cl)C2=O)ccc1OCC(=O)Nc1cccc(C)c1. The zero-order chi connectivity index (χ0) is 27.2. The van der Waals surface area contributed by atoms with Crippen LogP contribution in [0.25, 0.3) is 6.08 Å². The van der Waals surface area contributed by atoms with Crippen LogP contribution in [0.3, 0.4) is 0 Å². The zero-order valence-corrected chi connectivity index (χ0v) is 22.2. The summed E-state index contributed by atoms with van der Waals surface area (Å²) < 4.78 is 25.5. The molecule has 0 radical (unpaired) electrons. The quantitative estimate of drug-likeness (QED) is 0.306. The Hall–Kier alpha value is -3.82. The van der Waals surface area contributed by atoms with Gasteiger partial charge in [0.2, 0.25) is 0 Å². The van der Waals surface area contributed by atoms with Gasteiger partial charge in [0.1, 0.15) is 5.82 Å². The largest absolute Gasteiger partial charge is 0.490 e. The third kappa shape index (κ3) is 6.54. The van der Waals surface area contributed by atoms with Crippen molar-refractivity contribution in [3.8, 4) is 11.5 Å². The van der Waals surface area contributed by atoms with Gasteiger partial charge in [-0.25, -0.2) is 4.39 Å². The molecular weight excluding hydrogens is 531 g/mol. The van der Waals surface area contributed by atoms with Crippen molar-refractivity contribution in [2.24, 2.45) is 0 Å². The van der Waals surface area contributed by atoms with Crippen LogP contribution in [0.2, 0.25) is 5.02 Å². The first-order chi connectivity index (χ1) is 18.2. The Morgan fingerprint density at radius 3 is 2.61 bits per heavy atom. The number of anilines is 1. The molecule has 10 heteroatoms. The van der Waals surface area contributed by atoms with Crippen LogP contribution in [-0.4, -0.2) is 35.2 Å². The molecule has 38 heavy (non-hydrogen) atoms. The minimum absolute atomic E-state index is 0.0734. The molecule has 0 aromatic heterocycles. The van der Waals surface area contributed by atoms with Crippen molar-refractivity contribution in [1.82, 2.24) is 4.90 Å². The monoisotopic (exact) mass is 554 g/mol. The van der Waals surface area contributed by atoms with Crippen LogP contribution in [0.1, 0.15) is 23.6 Å². The van der Waals surface area contributed by atoms with E-state index in [-0.39, 0.29) is 34.6 Å². The molecule has 0 unspecified atom stereocenters. The van der Waals surface area contributed by atoms with Gasteiger partial charge >= 0.3 is 0 Å². The minimum atomic E-state index is -0.593. The van der Waals surface area contributed by atoms with Crippen LogP contribution in [0.5, 0.6) is 11.5 Å². The Kier molecular flexibility index (Phi) is 8.70. The molecular formula is C28H24ClFN2O5S. The highest BCUT2D eigenvalue weighted by molar-refractivity contribution is 8.18. The molecule has 0 aliphatic carbocycles. The lowest BCUT2D eigenvalue weighted by molar-refractivity contribution is -0.123. The normalized spacial score (nSPS) is 14.2. The van der Waals surface area contributed by atoms with Gasteiger partial charge in [-0.3, -0.25) is 19.3 Å². The van der Waals surface area contributed by atoms with Gasteiger partial charge in [0.15, 0.2) is 18.1 Å². The van der Waals surface area contributed by atoms with Crippen molar-refractivity contribution in [2.75, 3.05) is 18.5 Å². The fourth-order valence-corrected chi connectivity index (χ4v) is 4.76. The Bertz CT molecular complexity index is 1410. The molecule has 4 rings (SSSR count). The minimum Gasteiger partial charge on any atom is -0.490 e. The van der Waals surface area contributed by atoms with E-state index in [9.17, 15) is 18.8 Å². The molecule has 196 valence electrons. The van der Waals surface area contributed by atoms with E-state index >= 15 is 0 Å². The molecule has 1 fully saturated rings. The lowest BCUT2D eigenvalue weighted by Gasteiger charge is -2.14. The van der Waals surface area contributed by atoms with Crippen LogP contribution < -0.4 is 14.8 Å². The number of carbonyl (C=O) groups is 3. The summed E-state index contributed by atoms with van der Waals surface area (Å²) in [5.74, 6) is -0.742. The van der Waals surface area contributed by atoms with E-state index in [0.29, 0.717) is 29.4 Å². The fourth-order valence-electron chi connectivity index (χ4n) is 3.69. The number of ether oxygens (including phenoxy) is 2. The lowest BCUT2D eigenvalue weighted by atomic mass is 10.1. The number of carbonyl (C=O) groups excluding carboxylic acids is 3. The number of aryl methyl sites for hydroxylation is 1. The van der Waals surface area contributed by atoms with E-state index in [4.69, 9.17) is 21.1 Å². The molecule has 0 saturated carbocycles. The number of thioether (sulfide) groups is 1. The average Bonchev–Trinajstić information content (AvgIpc) is 3.13. The molecule has 1 aliphatic rings. The van der Waals surface area contributed by atoms with Gasteiger partial charge in [0, 0.05) is 16.3 Å². The predicted octanol–water partition coefficient (Wildman–Crippen LogP) is 6.44. The van der Waals surface area contributed by atoms with E-state index in [2.05, 4.69) is 5.32 Å². The topological polar surface area (TPSA) is 84.9 Å². The molecule has 1 saturated heterocycles. The summed E-state index contributed by atoms with van der Waals surface area (Å²) in [5, 5.41) is 2.39. The van der Waals surface area contributed by atoms with Crippen LogP contribution in [0, 0.1) is 12.7 Å². The number of hydrogen-bond donors (Lipinski definition) is 1. The summed E-state index contributed by atoms with van der Waals surface area (Å²) in [6.07, 6.45) is 1.55. The van der Waals surface area contributed by atoms with Gasteiger partial charge in [-0.15, -0.1) is 0 Å². The van der Waals surface area contributed by atoms with Crippen LogP contribution in [0.15, 0.2) is 65.6 Å². The second kappa shape index (κ2) is 12.1. The first kappa shape index (κ1) is 27.2. The Morgan fingerprint density at radius 1 is 1.08 bits per heavy atom.